The fraction of sp³-hybridized carbons (Fsp3) is 0. The van der Waals surface area contributed by atoms with Crippen LogP contribution in [0.2, 0.25) is 0 Å². The molecule has 0 aliphatic carbocycles. The Bertz CT molecular complexity index is 3040. The zero-order chi connectivity index (χ0) is 40.9. The van der Waals surface area contributed by atoms with Crippen LogP contribution in [0.1, 0.15) is 11.0 Å². The summed E-state index contributed by atoms with van der Waals surface area (Å²) in [6.07, 6.45) is 0. The highest BCUT2D eigenvalue weighted by atomic mass is 15.1. The SMILES string of the molecule is [2H]c1c([2H])c(-c2ccc3ccccc3c2)c([2H])c(N(c2ccc(-c3cccc4ccccc34)cc2)c2c([2H])c([2H])c(-c3ccc(-c4ccccc4)cc3)c([2H])c2[2H])c1[2H]. The van der Waals surface area contributed by atoms with Gasteiger partial charge in [0.1, 0.15) is 0 Å². The Hall–Kier alpha value is -6.70. The van der Waals surface area contributed by atoms with Gasteiger partial charge in [-0.25, -0.2) is 0 Å². The Balaban J connectivity index is 1.26. The van der Waals surface area contributed by atoms with Gasteiger partial charge in [0.05, 0.1) is 11.0 Å². The quantitative estimate of drug-likeness (QED) is 0.165. The van der Waals surface area contributed by atoms with E-state index in [1.165, 1.54) is 4.90 Å². The summed E-state index contributed by atoms with van der Waals surface area (Å²) in [5, 5.41) is 3.97. The predicted molar refractivity (Wildman–Crippen MR) is 218 cm³/mol. The summed E-state index contributed by atoms with van der Waals surface area (Å²) in [4.78, 5) is 1.39. The molecule has 0 spiro atoms. The number of hydrogen-bond donors (Lipinski definition) is 0. The number of benzene rings is 9. The van der Waals surface area contributed by atoms with Crippen molar-refractivity contribution in [2.75, 3.05) is 4.90 Å². The van der Waals surface area contributed by atoms with E-state index in [0.29, 0.717) is 16.8 Å². The molecule has 240 valence electrons. The maximum atomic E-state index is 9.70. The number of hydrogen-bond acceptors (Lipinski definition) is 1. The molecule has 0 aromatic heterocycles. The zero-order valence-electron chi connectivity index (χ0n) is 35.5. The summed E-state index contributed by atoms with van der Waals surface area (Å²) < 4.78 is 74.7. The third-order valence-electron chi connectivity index (χ3n) is 9.22. The van der Waals surface area contributed by atoms with Crippen molar-refractivity contribution in [3.8, 4) is 44.5 Å². The Morgan fingerprint density at radius 3 is 1.73 bits per heavy atom. The molecule has 0 unspecified atom stereocenters. The lowest BCUT2D eigenvalue weighted by Crippen LogP contribution is -2.10. The van der Waals surface area contributed by atoms with Crippen LogP contribution in [0.4, 0.5) is 17.1 Å². The molecule has 51 heavy (non-hydrogen) atoms. The van der Waals surface area contributed by atoms with Gasteiger partial charge in [-0.05, 0) is 108 Å². The van der Waals surface area contributed by atoms with E-state index in [1.54, 1.807) is 30.3 Å². The predicted octanol–water partition coefficient (Wildman–Crippen LogP) is 14.1. The molecule has 9 aromatic carbocycles. The van der Waals surface area contributed by atoms with Crippen molar-refractivity contribution in [2.24, 2.45) is 0 Å². The van der Waals surface area contributed by atoms with E-state index in [4.69, 9.17) is 2.74 Å². The summed E-state index contributed by atoms with van der Waals surface area (Å²) in [7, 11) is 0. The average Bonchev–Trinajstić information content (AvgIpc) is 3.27. The molecule has 0 saturated carbocycles. The van der Waals surface area contributed by atoms with Gasteiger partial charge in [-0.15, -0.1) is 0 Å². The molecule has 0 radical (unpaired) electrons. The Morgan fingerprint density at radius 2 is 0.941 bits per heavy atom. The molecular formula is C50H35N. The second kappa shape index (κ2) is 13.3. The fourth-order valence-corrected chi connectivity index (χ4v) is 6.59. The summed E-state index contributed by atoms with van der Waals surface area (Å²) in [5.74, 6) is 0. The molecule has 0 atom stereocenters. The van der Waals surface area contributed by atoms with Crippen molar-refractivity contribution in [3.63, 3.8) is 0 Å². The molecule has 0 saturated heterocycles. The Morgan fingerprint density at radius 1 is 0.333 bits per heavy atom. The Kier molecular flexibility index (Phi) is 5.96. The van der Waals surface area contributed by atoms with E-state index in [1.807, 2.05) is 127 Å². The molecule has 9 rings (SSSR count). The van der Waals surface area contributed by atoms with Crippen molar-refractivity contribution in [1.82, 2.24) is 0 Å². The van der Waals surface area contributed by atoms with Crippen LogP contribution in [-0.4, -0.2) is 0 Å². The van der Waals surface area contributed by atoms with Crippen LogP contribution in [0.15, 0.2) is 212 Å². The van der Waals surface area contributed by atoms with Gasteiger partial charge in [0.25, 0.3) is 0 Å². The molecule has 0 bridgehead atoms. The fourth-order valence-electron chi connectivity index (χ4n) is 6.59. The first-order chi connectivity index (χ1) is 28.6. The van der Waals surface area contributed by atoms with E-state index in [0.717, 1.165) is 43.8 Å². The molecule has 0 aliphatic heterocycles. The van der Waals surface area contributed by atoms with Crippen LogP contribution in [0.5, 0.6) is 0 Å². The van der Waals surface area contributed by atoms with Crippen molar-refractivity contribution in [2.45, 2.75) is 0 Å². The highest BCUT2D eigenvalue weighted by Crippen LogP contribution is 2.39. The third kappa shape index (κ3) is 6.07. The number of nitrogens with zero attached hydrogens (tertiary/aromatic N) is 1. The standard InChI is InChI=1S/C50H35N/c1-2-10-36(11-3-1)38-20-22-39(23-21-38)40-26-30-46(31-27-40)51(47-32-28-42(29-33-47)50-19-9-15-41-13-6-7-18-49(41)50)48-17-8-16-44(35-48)45-25-24-37-12-4-5-14-43(37)34-45/h1-35H/i8D,16D,17D,26D,27D,30D,31D,35D. The highest BCUT2D eigenvalue weighted by molar-refractivity contribution is 5.97. The molecule has 1 nitrogen and oxygen atoms in total. The monoisotopic (exact) mass is 657 g/mol. The molecule has 9 aromatic rings. The van der Waals surface area contributed by atoms with Gasteiger partial charge < -0.3 is 4.90 Å². The molecule has 0 aliphatic rings. The molecular weight excluding hydrogens is 615 g/mol. The van der Waals surface area contributed by atoms with E-state index in [2.05, 4.69) is 6.07 Å². The van der Waals surface area contributed by atoms with Gasteiger partial charge in [-0.1, -0.05) is 170 Å². The third-order valence-corrected chi connectivity index (χ3v) is 9.22. The lowest BCUT2D eigenvalue weighted by atomic mass is 9.97. The van der Waals surface area contributed by atoms with Crippen LogP contribution >= 0.6 is 0 Å². The maximum Gasteiger partial charge on any atom is 0.0651 e. The Labute approximate surface area is 310 Å². The van der Waals surface area contributed by atoms with Crippen LogP contribution in [0, 0.1) is 0 Å². The number of anilines is 3. The van der Waals surface area contributed by atoms with E-state index < -0.39 is 12.1 Å². The van der Waals surface area contributed by atoms with Gasteiger partial charge in [0.15, 0.2) is 0 Å². The smallest absolute Gasteiger partial charge is 0.0651 e. The van der Waals surface area contributed by atoms with Crippen molar-refractivity contribution < 1.29 is 11.0 Å². The van der Waals surface area contributed by atoms with Crippen molar-refractivity contribution in [3.05, 3.63) is 212 Å². The largest absolute Gasteiger partial charge is 0.310 e. The van der Waals surface area contributed by atoms with E-state index >= 15 is 0 Å². The maximum absolute atomic E-state index is 9.70. The lowest BCUT2D eigenvalue weighted by molar-refractivity contribution is 1.28. The second-order valence-electron chi connectivity index (χ2n) is 12.4. The lowest BCUT2D eigenvalue weighted by Gasteiger charge is -2.26. The van der Waals surface area contributed by atoms with Crippen LogP contribution in [-0.2, 0) is 0 Å². The van der Waals surface area contributed by atoms with E-state index in [9.17, 15) is 8.22 Å². The van der Waals surface area contributed by atoms with Gasteiger partial charge >= 0.3 is 0 Å². The topological polar surface area (TPSA) is 3.24 Å². The second-order valence-corrected chi connectivity index (χ2v) is 12.4. The van der Waals surface area contributed by atoms with Crippen LogP contribution in [0.25, 0.3) is 66.1 Å². The van der Waals surface area contributed by atoms with Crippen LogP contribution < -0.4 is 4.90 Å². The highest BCUT2D eigenvalue weighted by Gasteiger charge is 2.15. The molecule has 0 N–H and O–H groups in total. The van der Waals surface area contributed by atoms with Crippen LogP contribution in [0.3, 0.4) is 0 Å². The molecule has 1 heteroatoms. The van der Waals surface area contributed by atoms with Crippen molar-refractivity contribution >= 4 is 38.6 Å². The zero-order valence-corrected chi connectivity index (χ0v) is 27.5. The van der Waals surface area contributed by atoms with Gasteiger partial charge in [-0.3, -0.25) is 0 Å². The normalized spacial score (nSPS) is 13.3. The summed E-state index contributed by atoms with van der Waals surface area (Å²) in [6.45, 7) is 0. The molecule has 0 fully saturated rings. The minimum Gasteiger partial charge on any atom is -0.310 e. The first-order valence-corrected chi connectivity index (χ1v) is 16.9. The van der Waals surface area contributed by atoms with Gasteiger partial charge in [0.2, 0.25) is 0 Å². The number of fused-ring (bicyclic) bond motifs is 2. The van der Waals surface area contributed by atoms with E-state index in [-0.39, 0.29) is 58.8 Å². The minimum atomic E-state index is -0.444. The summed E-state index contributed by atoms with van der Waals surface area (Å²) in [5.41, 5.74) is 5.12. The molecule has 0 amide bonds. The van der Waals surface area contributed by atoms with Gasteiger partial charge in [0, 0.05) is 17.1 Å². The average molecular weight is 658 g/mol. The minimum absolute atomic E-state index is 0.117. The first-order valence-electron chi connectivity index (χ1n) is 20.9. The molecule has 0 heterocycles. The number of rotatable bonds is 7. The summed E-state index contributed by atoms with van der Waals surface area (Å²) in [6, 6.07) is 49.1. The van der Waals surface area contributed by atoms with Crippen molar-refractivity contribution in [1.29, 1.82) is 0 Å². The first kappa shape index (κ1) is 22.8. The summed E-state index contributed by atoms with van der Waals surface area (Å²) >= 11 is 0. The van der Waals surface area contributed by atoms with Gasteiger partial charge in [-0.2, -0.15) is 0 Å².